The maximum atomic E-state index is 12.2. The van der Waals surface area contributed by atoms with E-state index in [-0.39, 0.29) is 24.7 Å². The van der Waals surface area contributed by atoms with Crippen LogP contribution in [0.15, 0.2) is 22.9 Å². The van der Waals surface area contributed by atoms with Crippen molar-refractivity contribution < 1.29 is 19.2 Å². The van der Waals surface area contributed by atoms with Gasteiger partial charge in [0.2, 0.25) is 5.91 Å². The number of hydrogen-bond donors (Lipinski definition) is 1. The van der Waals surface area contributed by atoms with Crippen LogP contribution in [0.4, 0.5) is 0 Å². The molecular weight excluding hydrogens is 334 g/mol. The molecule has 1 atom stereocenters. The Labute approximate surface area is 152 Å². The Bertz CT molecular complexity index is 778. The van der Waals surface area contributed by atoms with E-state index in [1.165, 1.54) is 0 Å². The quantitative estimate of drug-likeness (QED) is 0.884. The number of carbonyl (C=O) groups excluding carboxylic acids is 1. The second kappa shape index (κ2) is 7.68. The lowest BCUT2D eigenvalue weighted by Gasteiger charge is -2.32. The molecule has 0 spiro atoms. The van der Waals surface area contributed by atoms with E-state index >= 15 is 0 Å². The van der Waals surface area contributed by atoms with Gasteiger partial charge in [0.1, 0.15) is 5.76 Å². The summed E-state index contributed by atoms with van der Waals surface area (Å²) in [5.41, 5.74) is 3.73. The predicted molar refractivity (Wildman–Crippen MR) is 94.6 cm³/mol. The number of nitrogens with zero attached hydrogens (tertiary/aromatic N) is 3. The van der Waals surface area contributed by atoms with Crippen molar-refractivity contribution in [3.8, 4) is 11.1 Å². The van der Waals surface area contributed by atoms with Gasteiger partial charge >= 0.3 is 5.97 Å². The molecule has 1 aliphatic rings. The molecule has 0 bridgehead atoms. The van der Waals surface area contributed by atoms with Crippen LogP contribution in [0.1, 0.15) is 48.7 Å². The monoisotopic (exact) mass is 357 g/mol. The Hall–Kier alpha value is -2.70. The molecule has 1 unspecified atom stereocenters. The fourth-order valence-electron chi connectivity index (χ4n) is 3.51. The molecule has 2 aromatic heterocycles. The average molecular weight is 357 g/mol. The number of piperidine rings is 1. The van der Waals surface area contributed by atoms with Crippen LogP contribution in [0, 0.1) is 13.8 Å². The normalized spacial score (nSPS) is 17.3. The smallest absolute Gasteiger partial charge is 0.303 e. The van der Waals surface area contributed by atoms with E-state index in [1.807, 2.05) is 32.2 Å². The van der Waals surface area contributed by atoms with Crippen LogP contribution in [0.5, 0.6) is 0 Å². The van der Waals surface area contributed by atoms with E-state index in [9.17, 15) is 9.59 Å². The summed E-state index contributed by atoms with van der Waals surface area (Å²) in [4.78, 5) is 29.2. The fourth-order valence-corrected chi connectivity index (χ4v) is 3.51. The van der Waals surface area contributed by atoms with Crippen molar-refractivity contribution in [2.24, 2.45) is 0 Å². The van der Waals surface area contributed by atoms with Gasteiger partial charge in [0.25, 0.3) is 0 Å². The lowest BCUT2D eigenvalue weighted by atomic mass is 9.93. The maximum Gasteiger partial charge on any atom is 0.303 e. The SMILES string of the molecule is Cc1noc(C)c1-c1ccc(C2CCCN(C(=O)CCC(=O)O)C2)nc1. The van der Waals surface area contributed by atoms with Crippen molar-refractivity contribution in [2.75, 3.05) is 13.1 Å². The molecule has 2 aromatic rings. The van der Waals surface area contributed by atoms with Crippen molar-refractivity contribution in [2.45, 2.75) is 45.4 Å². The molecule has 7 heteroatoms. The highest BCUT2D eigenvalue weighted by Gasteiger charge is 2.26. The standard InChI is InChI=1S/C19H23N3O4/c1-12-19(13(2)26-21-12)14-5-6-16(20-10-14)15-4-3-9-22(11-15)17(23)7-8-18(24)25/h5-6,10,15H,3-4,7-9,11H2,1-2H3,(H,24,25). The zero-order valence-corrected chi connectivity index (χ0v) is 15.1. The first-order valence-corrected chi connectivity index (χ1v) is 8.84. The van der Waals surface area contributed by atoms with Crippen LogP contribution in [0.3, 0.4) is 0 Å². The Kier molecular flexibility index (Phi) is 5.35. The maximum absolute atomic E-state index is 12.2. The summed E-state index contributed by atoms with van der Waals surface area (Å²) in [6.07, 6.45) is 3.63. The molecule has 3 rings (SSSR count). The molecule has 3 heterocycles. The number of hydrogen-bond acceptors (Lipinski definition) is 5. The number of pyridine rings is 1. The number of amides is 1. The average Bonchev–Trinajstić information content (AvgIpc) is 2.98. The van der Waals surface area contributed by atoms with Gasteiger partial charge in [-0.15, -0.1) is 0 Å². The van der Waals surface area contributed by atoms with Crippen molar-refractivity contribution in [3.05, 3.63) is 35.5 Å². The topological polar surface area (TPSA) is 96.5 Å². The van der Waals surface area contributed by atoms with Crippen LogP contribution >= 0.6 is 0 Å². The number of carbonyl (C=O) groups is 2. The third-order valence-corrected chi connectivity index (χ3v) is 4.85. The first-order valence-electron chi connectivity index (χ1n) is 8.84. The minimum atomic E-state index is -0.941. The summed E-state index contributed by atoms with van der Waals surface area (Å²) in [5, 5.41) is 12.7. The lowest BCUT2D eigenvalue weighted by Crippen LogP contribution is -2.39. The van der Waals surface area contributed by atoms with E-state index in [0.29, 0.717) is 13.1 Å². The predicted octanol–water partition coefficient (Wildman–Crippen LogP) is 2.92. The fraction of sp³-hybridized carbons (Fsp3) is 0.474. The second-order valence-corrected chi connectivity index (χ2v) is 6.74. The highest BCUT2D eigenvalue weighted by atomic mass is 16.5. The minimum absolute atomic E-state index is 0.0560. The zero-order chi connectivity index (χ0) is 18.7. The number of aryl methyl sites for hydroxylation is 2. The number of aliphatic carboxylic acids is 1. The van der Waals surface area contributed by atoms with Crippen LogP contribution < -0.4 is 0 Å². The number of carboxylic acid groups (broad SMARTS) is 1. The summed E-state index contributed by atoms with van der Waals surface area (Å²) in [7, 11) is 0. The summed E-state index contributed by atoms with van der Waals surface area (Å²) in [5.74, 6) is -0.0888. The zero-order valence-electron chi connectivity index (χ0n) is 15.1. The Morgan fingerprint density at radius 1 is 1.31 bits per heavy atom. The second-order valence-electron chi connectivity index (χ2n) is 6.74. The summed E-state index contributed by atoms with van der Waals surface area (Å²) >= 11 is 0. The Morgan fingerprint density at radius 2 is 2.12 bits per heavy atom. The molecule has 1 saturated heterocycles. The molecule has 0 aliphatic carbocycles. The van der Waals surface area contributed by atoms with Gasteiger partial charge in [-0.25, -0.2) is 0 Å². The van der Waals surface area contributed by atoms with Crippen molar-refractivity contribution in [1.29, 1.82) is 0 Å². The Morgan fingerprint density at radius 3 is 2.73 bits per heavy atom. The van der Waals surface area contributed by atoms with Gasteiger partial charge in [0.15, 0.2) is 0 Å². The molecule has 1 fully saturated rings. The molecule has 1 amide bonds. The van der Waals surface area contributed by atoms with Gasteiger partial charge in [-0.05, 0) is 32.8 Å². The first kappa shape index (κ1) is 18.1. The lowest BCUT2D eigenvalue weighted by molar-refractivity contribution is -0.141. The van der Waals surface area contributed by atoms with E-state index in [0.717, 1.165) is 41.1 Å². The number of carboxylic acids is 1. The van der Waals surface area contributed by atoms with Crippen LogP contribution in [0.25, 0.3) is 11.1 Å². The van der Waals surface area contributed by atoms with Crippen molar-refractivity contribution in [3.63, 3.8) is 0 Å². The largest absolute Gasteiger partial charge is 0.481 e. The first-order chi connectivity index (χ1) is 12.5. The molecular formula is C19H23N3O4. The van der Waals surface area contributed by atoms with E-state index in [4.69, 9.17) is 9.63 Å². The van der Waals surface area contributed by atoms with E-state index in [2.05, 4.69) is 10.1 Å². The van der Waals surface area contributed by atoms with Gasteiger partial charge in [0.05, 0.1) is 12.1 Å². The molecule has 26 heavy (non-hydrogen) atoms. The van der Waals surface area contributed by atoms with Crippen molar-refractivity contribution >= 4 is 11.9 Å². The van der Waals surface area contributed by atoms with Gasteiger partial charge in [-0.1, -0.05) is 11.2 Å². The van der Waals surface area contributed by atoms with Gasteiger partial charge in [-0.3, -0.25) is 14.6 Å². The highest BCUT2D eigenvalue weighted by molar-refractivity contribution is 5.80. The minimum Gasteiger partial charge on any atom is -0.481 e. The summed E-state index contributed by atoms with van der Waals surface area (Å²) in [6.45, 7) is 5.06. The molecule has 0 radical (unpaired) electrons. The van der Waals surface area contributed by atoms with Crippen LogP contribution in [0.2, 0.25) is 0 Å². The van der Waals surface area contributed by atoms with Gasteiger partial charge in [0, 0.05) is 48.4 Å². The third kappa shape index (κ3) is 3.92. The highest BCUT2D eigenvalue weighted by Crippen LogP contribution is 2.30. The van der Waals surface area contributed by atoms with E-state index < -0.39 is 5.97 Å². The molecule has 7 nitrogen and oxygen atoms in total. The summed E-state index contributed by atoms with van der Waals surface area (Å²) in [6, 6.07) is 4.01. The molecule has 138 valence electrons. The van der Waals surface area contributed by atoms with Gasteiger partial charge < -0.3 is 14.5 Å². The molecule has 1 aliphatic heterocycles. The van der Waals surface area contributed by atoms with Crippen molar-refractivity contribution in [1.82, 2.24) is 15.0 Å². The number of likely N-dealkylation sites (tertiary alicyclic amines) is 1. The van der Waals surface area contributed by atoms with Crippen LogP contribution in [-0.4, -0.2) is 45.1 Å². The van der Waals surface area contributed by atoms with Crippen LogP contribution in [-0.2, 0) is 9.59 Å². The third-order valence-electron chi connectivity index (χ3n) is 4.85. The molecule has 0 aromatic carbocycles. The summed E-state index contributed by atoms with van der Waals surface area (Å²) < 4.78 is 5.21. The molecule has 1 N–H and O–H groups in total. The van der Waals surface area contributed by atoms with Gasteiger partial charge in [-0.2, -0.15) is 0 Å². The molecule has 0 saturated carbocycles. The number of aromatic nitrogens is 2. The Balaban J connectivity index is 1.69. The number of rotatable bonds is 5. The van der Waals surface area contributed by atoms with E-state index in [1.54, 1.807) is 4.90 Å².